The Morgan fingerprint density at radius 1 is 1.16 bits per heavy atom. The Kier molecular flexibility index (Phi) is 4.14. The molecule has 0 aliphatic heterocycles. The van der Waals surface area contributed by atoms with Crippen molar-refractivity contribution in [2.24, 2.45) is 5.73 Å². The average molecular weight is 318 g/mol. The summed E-state index contributed by atoms with van der Waals surface area (Å²) in [5.41, 5.74) is 5.46. The minimum Gasteiger partial charge on any atom is -0.437 e. The molecule has 2 aromatic rings. The first kappa shape index (κ1) is 13.9. The Morgan fingerprint density at radius 3 is 2.53 bits per heavy atom. The Bertz CT molecular complexity index is 647. The summed E-state index contributed by atoms with van der Waals surface area (Å²) in [6.45, 7) is 0. The van der Waals surface area contributed by atoms with Crippen molar-refractivity contribution in [3.8, 4) is 11.6 Å². The molecule has 0 aliphatic carbocycles. The normalized spacial score (nSPS) is 10.3. The third kappa shape index (κ3) is 3.10. The number of hydrogen-bond donors (Lipinski definition) is 1. The van der Waals surface area contributed by atoms with Gasteiger partial charge in [0.05, 0.1) is 10.6 Å². The quantitative estimate of drug-likeness (QED) is 0.872. The van der Waals surface area contributed by atoms with E-state index in [1.54, 1.807) is 18.2 Å². The molecule has 1 aromatic carbocycles. The van der Waals surface area contributed by atoms with Crippen LogP contribution in [0.5, 0.6) is 11.6 Å². The van der Waals surface area contributed by atoms with Crippen LogP contribution in [0.3, 0.4) is 0 Å². The maximum Gasteiger partial charge on any atom is 0.252 e. The van der Waals surface area contributed by atoms with E-state index in [0.717, 1.165) is 0 Å². The van der Waals surface area contributed by atoms with Crippen LogP contribution >= 0.6 is 34.8 Å². The summed E-state index contributed by atoms with van der Waals surface area (Å²) in [6, 6.07) is 7.86. The minimum atomic E-state index is -0.619. The van der Waals surface area contributed by atoms with Gasteiger partial charge in [-0.15, -0.1) is 0 Å². The maximum atomic E-state index is 11.3. The Labute approximate surface area is 124 Å². The second-order valence-corrected chi connectivity index (χ2v) is 4.68. The number of carbonyl (C=O) groups excluding carboxylic acids is 1. The zero-order valence-corrected chi connectivity index (χ0v) is 11.6. The molecule has 7 heteroatoms. The van der Waals surface area contributed by atoms with Crippen molar-refractivity contribution in [3.63, 3.8) is 0 Å². The van der Waals surface area contributed by atoms with Crippen LogP contribution in [0.4, 0.5) is 0 Å². The number of amides is 1. The van der Waals surface area contributed by atoms with Crippen LogP contribution in [0, 0.1) is 0 Å². The van der Waals surface area contributed by atoms with E-state index in [1.165, 1.54) is 12.1 Å². The highest BCUT2D eigenvalue weighted by atomic mass is 35.5. The van der Waals surface area contributed by atoms with E-state index in [9.17, 15) is 4.79 Å². The van der Waals surface area contributed by atoms with Crippen molar-refractivity contribution in [2.75, 3.05) is 0 Å². The number of benzene rings is 1. The Morgan fingerprint density at radius 2 is 1.84 bits per heavy atom. The van der Waals surface area contributed by atoms with Gasteiger partial charge in [-0.2, -0.15) is 4.98 Å². The fraction of sp³-hybridized carbons (Fsp3) is 0. The summed E-state index contributed by atoms with van der Waals surface area (Å²) < 4.78 is 5.45. The van der Waals surface area contributed by atoms with E-state index in [4.69, 9.17) is 45.3 Å². The molecule has 0 saturated heterocycles. The molecular formula is C12H7Cl3N2O2. The Hall–Kier alpha value is -1.49. The summed E-state index contributed by atoms with van der Waals surface area (Å²) in [5.74, 6) is -0.334. The predicted molar refractivity (Wildman–Crippen MR) is 74.3 cm³/mol. The summed E-state index contributed by atoms with van der Waals surface area (Å²) in [5, 5.41) is 0.438. The molecule has 1 aromatic heterocycles. The number of nitrogens with zero attached hydrogens (tertiary/aromatic N) is 1. The molecule has 0 saturated carbocycles. The first-order chi connectivity index (χ1) is 8.99. The average Bonchev–Trinajstić information content (AvgIpc) is 2.36. The van der Waals surface area contributed by atoms with Crippen LogP contribution in [0.25, 0.3) is 0 Å². The topological polar surface area (TPSA) is 65.2 Å². The molecule has 0 unspecified atom stereocenters. The van der Waals surface area contributed by atoms with Crippen molar-refractivity contribution in [1.82, 2.24) is 4.98 Å². The minimum absolute atomic E-state index is 0.0461. The third-order valence-corrected chi connectivity index (χ3v) is 3.16. The van der Waals surface area contributed by atoms with Gasteiger partial charge in [0.25, 0.3) is 5.91 Å². The number of primary amides is 1. The number of carbonyl (C=O) groups is 1. The van der Waals surface area contributed by atoms with Crippen LogP contribution in [0.15, 0.2) is 30.3 Å². The smallest absolute Gasteiger partial charge is 0.252 e. The van der Waals surface area contributed by atoms with Gasteiger partial charge in [0.15, 0.2) is 5.15 Å². The van der Waals surface area contributed by atoms with Crippen LogP contribution < -0.4 is 10.5 Å². The van der Waals surface area contributed by atoms with Crippen LogP contribution in [0.1, 0.15) is 10.4 Å². The lowest BCUT2D eigenvalue weighted by atomic mass is 10.2. The molecule has 1 amide bonds. The molecule has 2 rings (SSSR count). The van der Waals surface area contributed by atoms with Gasteiger partial charge in [-0.05, 0) is 18.2 Å². The van der Waals surface area contributed by atoms with Gasteiger partial charge in [0.2, 0.25) is 5.88 Å². The van der Waals surface area contributed by atoms with Gasteiger partial charge in [0.1, 0.15) is 10.8 Å². The number of pyridine rings is 1. The van der Waals surface area contributed by atoms with Crippen molar-refractivity contribution in [2.45, 2.75) is 0 Å². The lowest BCUT2D eigenvalue weighted by molar-refractivity contribution is 0.0998. The SMILES string of the molecule is NC(=O)c1ccccc1Oc1nc(Cl)c(Cl)cc1Cl. The molecule has 0 radical (unpaired) electrons. The third-order valence-electron chi connectivity index (χ3n) is 2.21. The lowest BCUT2D eigenvalue weighted by Gasteiger charge is -2.10. The molecule has 4 nitrogen and oxygen atoms in total. The molecule has 0 spiro atoms. The number of aromatic nitrogens is 1. The molecule has 1 heterocycles. The van der Waals surface area contributed by atoms with Crippen molar-refractivity contribution >= 4 is 40.7 Å². The van der Waals surface area contributed by atoms with E-state index in [1.807, 2.05) is 0 Å². The van der Waals surface area contributed by atoms with E-state index < -0.39 is 5.91 Å². The number of rotatable bonds is 3. The summed E-state index contributed by atoms with van der Waals surface area (Å²) in [4.78, 5) is 15.2. The molecule has 0 fully saturated rings. The van der Waals surface area contributed by atoms with E-state index in [2.05, 4.69) is 4.98 Å². The number of halogens is 3. The van der Waals surface area contributed by atoms with E-state index >= 15 is 0 Å². The zero-order chi connectivity index (χ0) is 14.0. The first-order valence-electron chi connectivity index (χ1n) is 5.07. The molecule has 19 heavy (non-hydrogen) atoms. The van der Waals surface area contributed by atoms with Crippen molar-refractivity contribution < 1.29 is 9.53 Å². The Balaban J connectivity index is 2.42. The molecule has 0 aliphatic rings. The van der Waals surface area contributed by atoms with Gasteiger partial charge < -0.3 is 10.5 Å². The fourth-order valence-electron chi connectivity index (χ4n) is 1.36. The second-order valence-electron chi connectivity index (χ2n) is 3.51. The summed E-state index contributed by atoms with van der Waals surface area (Å²) >= 11 is 17.5. The number of hydrogen-bond acceptors (Lipinski definition) is 3. The van der Waals surface area contributed by atoms with Gasteiger partial charge in [0, 0.05) is 0 Å². The highest BCUT2D eigenvalue weighted by molar-refractivity contribution is 6.42. The predicted octanol–water partition coefficient (Wildman–Crippen LogP) is 3.93. The van der Waals surface area contributed by atoms with E-state index in [0.29, 0.717) is 0 Å². The molecule has 2 N–H and O–H groups in total. The lowest BCUT2D eigenvalue weighted by Crippen LogP contribution is -2.12. The van der Waals surface area contributed by atoms with Gasteiger partial charge in [-0.25, -0.2) is 0 Å². The number of para-hydroxylation sites is 1. The first-order valence-corrected chi connectivity index (χ1v) is 6.20. The summed E-state index contributed by atoms with van der Waals surface area (Å²) in [6.07, 6.45) is 0. The van der Waals surface area contributed by atoms with E-state index in [-0.39, 0.29) is 32.4 Å². The van der Waals surface area contributed by atoms with Crippen LogP contribution in [-0.4, -0.2) is 10.9 Å². The van der Waals surface area contributed by atoms with Crippen LogP contribution in [-0.2, 0) is 0 Å². The highest BCUT2D eigenvalue weighted by Crippen LogP contribution is 2.34. The molecule has 98 valence electrons. The van der Waals surface area contributed by atoms with Gasteiger partial charge in [-0.3, -0.25) is 4.79 Å². The molecular weight excluding hydrogens is 311 g/mol. The summed E-state index contributed by atoms with van der Waals surface area (Å²) in [7, 11) is 0. The van der Waals surface area contributed by atoms with Gasteiger partial charge >= 0.3 is 0 Å². The van der Waals surface area contributed by atoms with Gasteiger partial charge in [-0.1, -0.05) is 46.9 Å². The standard InChI is InChI=1S/C12H7Cl3N2O2/c13-7-5-8(14)12(17-10(7)15)19-9-4-2-1-3-6(9)11(16)18/h1-5H,(H2,16,18). The highest BCUT2D eigenvalue weighted by Gasteiger charge is 2.14. The largest absolute Gasteiger partial charge is 0.437 e. The molecule has 0 bridgehead atoms. The monoisotopic (exact) mass is 316 g/mol. The number of ether oxygens (including phenoxy) is 1. The molecule has 0 atom stereocenters. The zero-order valence-electron chi connectivity index (χ0n) is 9.36. The maximum absolute atomic E-state index is 11.3. The second kappa shape index (κ2) is 5.65. The van der Waals surface area contributed by atoms with Crippen molar-refractivity contribution in [1.29, 1.82) is 0 Å². The van der Waals surface area contributed by atoms with Crippen molar-refractivity contribution in [3.05, 3.63) is 51.1 Å². The number of nitrogens with two attached hydrogens (primary N) is 1. The fourth-order valence-corrected chi connectivity index (χ4v) is 1.89. The van der Waals surface area contributed by atoms with Crippen LogP contribution in [0.2, 0.25) is 15.2 Å².